The van der Waals surface area contributed by atoms with Gasteiger partial charge in [0.25, 0.3) is 0 Å². The number of carboxylic acids is 1. The van der Waals surface area contributed by atoms with Gasteiger partial charge in [0.2, 0.25) is 0 Å². The summed E-state index contributed by atoms with van der Waals surface area (Å²) in [5.74, 6) is -1.48. The third-order valence-electron chi connectivity index (χ3n) is 1.77. The third-order valence-corrected chi connectivity index (χ3v) is 1.77. The average molecular weight is 203 g/mol. The van der Waals surface area contributed by atoms with E-state index >= 15 is 0 Å². The topological polar surface area (TPSA) is 40.1 Å². The maximum absolute atomic E-state index is 12.1. The molecule has 76 valence electrons. The van der Waals surface area contributed by atoms with Gasteiger partial charge < -0.3 is 9.90 Å². The number of carbonyl (C=O) groups is 1. The zero-order valence-corrected chi connectivity index (χ0v) is 7.18. The molecule has 2 nitrogen and oxygen atoms in total. The van der Waals surface area contributed by atoms with E-state index in [4.69, 9.17) is 0 Å². The Bertz CT molecular complexity index is 369. The lowest BCUT2D eigenvalue weighted by molar-refractivity contribution is -0.255. The molecule has 0 aromatic heterocycles. The Hall–Kier alpha value is -1.52. The number of aromatic carboxylic acids is 1. The highest BCUT2D eigenvalue weighted by Crippen LogP contribution is 2.30. The van der Waals surface area contributed by atoms with Crippen LogP contribution in [0.2, 0.25) is 0 Å². The Kier molecular flexibility index (Phi) is 2.51. The molecule has 0 saturated heterocycles. The number of hydrogen-bond acceptors (Lipinski definition) is 2. The lowest BCUT2D eigenvalue weighted by Crippen LogP contribution is -2.23. The van der Waals surface area contributed by atoms with E-state index in [1.807, 2.05) is 0 Å². The Balaban J connectivity index is 3.20. The van der Waals surface area contributed by atoms with E-state index in [-0.39, 0.29) is 11.1 Å². The van der Waals surface area contributed by atoms with E-state index in [1.165, 1.54) is 6.92 Å². The fraction of sp³-hybridized carbons (Fsp3) is 0.222. The van der Waals surface area contributed by atoms with Crippen LogP contribution in [0.4, 0.5) is 13.2 Å². The number of carboxylic acid groups (broad SMARTS) is 1. The summed E-state index contributed by atoms with van der Waals surface area (Å²) in [5, 5.41) is 10.4. The highest BCUT2D eigenvalue weighted by atomic mass is 19.4. The third kappa shape index (κ3) is 2.04. The van der Waals surface area contributed by atoms with Crippen LogP contribution >= 0.6 is 0 Å². The van der Waals surface area contributed by atoms with Gasteiger partial charge >= 0.3 is 6.18 Å². The largest absolute Gasteiger partial charge is 0.545 e. The van der Waals surface area contributed by atoms with Crippen molar-refractivity contribution in [3.63, 3.8) is 0 Å². The minimum atomic E-state index is -4.45. The lowest BCUT2D eigenvalue weighted by atomic mass is 10.1. The van der Waals surface area contributed by atoms with Crippen LogP contribution in [0.1, 0.15) is 21.5 Å². The van der Waals surface area contributed by atoms with Crippen molar-refractivity contribution in [2.45, 2.75) is 13.1 Å². The average Bonchev–Trinajstić information content (AvgIpc) is 2.01. The molecule has 0 saturated carbocycles. The predicted molar refractivity (Wildman–Crippen MR) is 40.5 cm³/mol. The number of benzene rings is 1. The number of aryl methyl sites for hydroxylation is 1. The fourth-order valence-corrected chi connectivity index (χ4v) is 1.07. The molecule has 0 heterocycles. The van der Waals surface area contributed by atoms with Gasteiger partial charge in [-0.1, -0.05) is 6.07 Å². The zero-order chi connectivity index (χ0) is 10.9. The Morgan fingerprint density at radius 1 is 1.36 bits per heavy atom. The molecule has 0 aliphatic carbocycles. The summed E-state index contributed by atoms with van der Waals surface area (Å²) in [7, 11) is 0. The van der Waals surface area contributed by atoms with Crippen LogP contribution in [-0.4, -0.2) is 5.97 Å². The maximum Gasteiger partial charge on any atom is 0.416 e. The van der Waals surface area contributed by atoms with Gasteiger partial charge in [-0.05, 0) is 24.6 Å². The van der Waals surface area contributed by atoms with Gasteiger partial charge in [-0.15, -0.1) is 0 Å². The maximum atomic E-state index is 12.1. The van der Waals surface area contributed by atoms with Crippen LogP contribution in [0.15, 0.2) is 18.2 Å². The van der Waals surface area contributed by atoms with Crippen molar-refractivity contribution in [2.75, 3.05) is 0 Å². The molecule has 0 bridgehead atoms. The van der Waals surface area contributed by atoms with Gasteiger partial charge in [-0.2, -0.15) is 13.2 Å². The van der Waals surface area contributed by atoms with Crippen molar-refractivity contribution >= 4 is 5.97 Å². The van der Waals surface area contributed by atoms with Crippen molar-refractivity contribution < 1.29 is 23.1 Å². The molecule has 0 fully saturated rings. The second-order valence-corrected chi connectivity index (χ2v) is 2.81. The van der Waals surface area contributed by atoms with Crippen molar-refractivity contribution in [3.05, 3.63) is 34.9 Å². The minimum absolute atomic E-state index is 0.0415. The molecule has 0 radical (unpaired) electrons. The predicted octanol–water partition coefficient (Wildman–Crippen LogP) is 1.38. The first-order valence-corrected chi connectivity index (χ1v) is 3.71. The summed E-state index contributed by atoms with van der Waals surface area (Å²) in [5.41, 5.74) is -1.04. The Morgan fingerprint density at radius 3 is 2.29 bits per heavy atom. The van der Waals surface area contributed by atoms with E-state index in [9.17, 15) is 23.1 Å². The van der Waals surface area contributed by atoms with Crippen LogP contribution in [-0.2, 0) is 6.18 Å². The van der Waals surface area contributed by atoms with Crippen LogP contribution in [0.25, 0.3) is 0 Å². The minimum Gasteiger partial charge on any atom is -0.545 e. The zero-order valence-electron chi connectivity index (χ0n) is 7.18. The van der Waals surface area contributed by atoms with E-state index in [0.29, 0.717) is 0 Å². The molecule has 0 spiro atoms. The van der Waals surface area contributed by atoms with E-state index in [1.54, 1.807) is 0 Å². The summed E-state index contributed by atoms with van der Waals surface area (Å²) in [6.45, 7) is 1.29. The van der Waals surface area contributed by atoms with Crippen LogP contribution < -0.4 is 5.11 Å². The summed E-state index contributed by atoms with van der Waals surface area (Å²) < 4.78 is 36.4. The van der Waals surface area contributed by atoms with Gasteiger partial charge in [0.15, 0.2) is 0 Å². The summed E-state index contributed by atoms with van der Waals surface area (Å²) in [6.07, 6.45) is -4.45. The summed E-state index contributed by atoms with van der Waals surface area (Å²) in [4.78, 5) is 10.4. The number of halogens is 3. The molecular formula is C9H6F3O2-. The van der Waals surface area contributed by atoms with Crippen molar-refractivity contribution in [2.24, 2.45) is 0 Å². The van der Waals surface area contributed by atoms with Crippen molar-refractivity contribution in [3.8, 4) is 0 Å². The Morgan fingerprint density at radius 2 is 1.93 bits per heavy atom. The Labute approximate surface area is 78.0 Å². The highest BCUT2D eigenvalue weighted by molar-refractivity contribution is 5.87. The normalized spacial score (nSPS) is 11.4. The first-order valence-electron chi connectivity index (χ1n) is 3.71. The number of carbonyl (C=O) groups excluding carboxylic acids is 1. The molecule has 0 aliphatic heterocycles. The lowest BCUT2D eigenvalue weighted by Gasteiger charge is -2.11. The molecular weight excluding hydrogens is 197 g/mol. The second-order valence-electron chi connectivity index (χ2n) is 2.81. The molecule has 1 aromatic carbocycles. The standard InChI is InChI=1S/C9H7F3O2/c1-5-4-6(9(10,11)12)2-3-7(5)8(13)14/h2-4H,1H3,(H,13,14)/p-1. The molecule has 0 unspecified atom stereocenters. The van der Waals surface area contributed by atoms with E-state index < -0.39 is 17.7 Å². The van der Waals surface area contributed by atoms with Gasteiger partial charge in [0, 0.05) is 5.56 Å². The first-order chi connectivity index (χ1) is 6.32. The molecule has 0 amide bonds. The van der Waals surface area contributed by atoms with E-state index in [2.05, 4.69) is 0 Å². The van der Waals surface area contributed by atoms with Gasteiger partial charge in [-0.3, -0.25) is 0 Å². The molecule has 0 atom stereocenters. The molecule has 1 rings (SSSR count). The fourth-order valence-electron chi connectivity index (χ4n) is 1.07. The van der Waals surface area contributed by atoms with Crippen molar-refractivity contribution in [1.82, 2.24) is 0 Å². The summed E-state index contributed by atoms with van der Waals surface area (Å²) in [6, 6.07) is 2.40. The second kappa shape index (κ2) is 3.32. The van der Waals surface area contributed by atoms with Gasteiger partial charge in [-0.25, -0.2) is 0 Å². The smallest absolute Gasteiger partial charge is 0.416 e. The van der Waals surface area contributed by atoms with Gasteiger partial charge in [0.1, 0.15) is 0 Å². The SMILES string of the molecule is Cc1cc(C(F)(F)F)ccc1C(=O)[O-]. The molecule has 5 heteroatoms. The quantitative estimate of drug-likeness (QED) is 0.691. The molecule has 14 heavy (non-hydrogen) atoms. The molecule has 0 N–H and O–H groups in total. The monoisotopic (exact) mass is 203 g/mol. The van der Waals surface area contributed by atoms with E-state index in [0.717, 1.165) is 18.2 Å². The van der Waals surface area contributed by atoms with Crippen molar-refractivity contribution in [1.29, 1.82) is 0 Å². The molecule has 0 aliphatic rings. The summed E-state index contributed by atoms with van der Waals surface area (Å²) >= 11 is 0. The first kappa shape index (κ1) is 10.6. The van der Waals surface area contributed by atoms with Crippen LogP contribution in [0.3, 0.4) is 0 Å². The number of rotatable bonds is 1. The van der Waals surface area contributed by atoms with Crippen LogP contribution in [0, 0.1) is 6.92 Å². The van der Waals surface area contributed by atoms with Gasteiger partial charge in [0.05, 0.1) is 11.5 Å². The number of hydrogen-bond donors (Lipinski definition) is 0. The van der Waals surface area contributed by atoms with Crippen LogP contribution in [0.5, 0.6) is 0 Å². The number of alkyl halides is 3. The molecule has 1 aromatic rings. The highest BCUT2D eigenvalue weighted by Gasteiger charge is 2.30.